The Morgan fingerprint density at radius 2 is 2.33 bits per heavy atom. The van der Waals surface area contributed by atoms with Crippen LogP contribution in [0.5, 0.6) is 5.88 Å². The van der Waals surface area contributed by atoms with Crippen LogP contribution in [-0.2, 0) is 4.79 Å². The number of carboxylic acid groups (broad SMARTS) is 1. The van der Waals surface area contributed by atoms with E-state index in [0.717, 1.165) is 12.8 Å². The van der Waals surface area contributed by atoms with Crippen molar-refractivity contribution in [3.8, 4) is 5.88 Å². The number of aromatic nitrogens is 2. The minimum absolute atomic E-state index is 0.418. The third-order valence-corrected chi connectivity index (χ3v) is 3.05. The Morgan fingerprint density at radius 3 is 2.89 bits per heavy atom. The minimum atomic E-state index is -0.877. The maximum atomic E-state index is 11.2. The van der Waals surface area contributed by atoms with Gasteiger partial charge in [-0.1, -0.05) is 6.92 Å². The van der Waals surface area contributed by atoms with Crippen molar-refractivity contribution in [3.63, 3.8) is 0 Å². The van der Waals surface area contributed by atoms with Gasteiger partial charge in [0.1, 0.15) is 11.4 Å². The van der Waals surface area contributed by atoms with E-state index in [1.165, 1.54) is 12.4 Å². The van der Waals surface area contributed by atoms with Crippen LogP contribution in [0.3, 0.4) is 0 Å². The molecule has 0 saturated heterocycles. The largest absolute Gasteiger partial charge is 0.480 e. The highest BCUT2D eigenvalue weighted by molar-refractivity contribution is 5.83. The molecule has 1 heterocycles. The standard InChI is InChI=1S/C12H17N3O3/c1-2-6-18-10-8-13-7-9(14-10)15-12(11(16)17)4-3-5-12/h7-8H,2-6H2,1H3,(H,14,15)(H,16,17). The first-order chi connectivity index (χ1) is 8.66. The Kier molecular flexibility index (Phi) is 3.64. The lowest BCUT2D eigenvalue weighted by atomic mass is 9.77. The fourth-order valence-electron chi connectivity index (χ4n) is 1.85. The molecule has 1 aromatic heterocycles. The van der Waals surface area contributed by atoms with E-state index in [1.54, 1.807) is 0 Å². The Balaban J connectivity index is 2.06. The highest BCUT2D eigenvalue weighted by Gasteiger charge is 2.44. The van der Waals surface area contributed by atoms with Crippen molar-refractivity contribution in [3.05, 3.63) is 12.4 Å². The summed E-state index contributed by atoms with van der Waals surface area (Å²) in [7, 11) is 0. The van der Waals surface area contributed by atoms with E-state index < -0.39 is 11.5 Å². The number of nitrogens with zero attached hydrogens (tertiary/aromatic N) is 2. The molecular weight excluding hydrogens is 234 g/mol. The fraction of sp³-hybridized carbons (Fsp3) is 0.583. The van der Waals surface area contributed by atoms with Crippen LogP contribution in [0.2, 0.25) is 0 Å². The van der Waals surface area contributed by atoms with Gasteiger partial charge in [-0.15, -0.1) is 0 Å². The molecule has 98 valence electrons. The molecule has 0 aliphatic heterocycles. The van der Waals surface area contributed by atoms with E-state index in [2.05, 4.69) is 15.3 Å². The van der Waals surface area contributed by atoms with E-state index in [9.17, 15) is 9.90 Å². The highest BCUT2D eigenvalue weighted by atomic mass is 16.5. The Labute approximate surface area is 105 Å². The van der Waals surface area contributed by atoms with Gasteiger partial charge >= 0.3 is 5.97 Å². The summed E-state index contributed by atoms with van der Waals surface area (Å²) in [5.41, 5.74) is -0.877. The molecule has 0 spiro atoms. The van der Waals surface area contributed by atoms with Gasteiger partial charge in [0.2, 0.25) is 5.88 Å². The van der Waals surface area contributed by atoms with Crippen molar-refractivity contribution in [1.29, 1.82) is 0 Å². The summed E-state index contributed by atoms with van der Waals surface area (Å²) in [6.07, 6.45) is 6.07. The quantitative estimate of drug-likeness (QED) is 0.800. The molecule has 6 heteroatoms. The van der Waals surface area contributed by atoms with Gasteiger partial charge in [-0.05, 0) is 25.7 Å². The zero-order valence-corrected chi connectivity index (χ0v) is 10.3. The summed E-state index contributed by atoms with van der Waals surface area (Å²) in [5.74, 6) is 0.0304. The smallest absolute Gasteiger partial charge is 0.329 e. The molecule has 18 heavy (non-hydrogen) atoms. The molecule has 1 fully saturated rings. The molecule has 6 nitrogen and oxygen atoms in total. The lowest BCUT2D eigenvalue weighted by molar-refractivity contribution is -0.145. The topological polar surface area (TPSA) is 84.3 Å². The van der Waals surface area contributed by atoms with E-state index in [1.807, 2.05) is 6.92 Å². The van der Waals surface area contributed by atoms with Crippen LogP contribution in [-0.4, -0.2) is 33.2 Å². The van der Waals surface area contributed by atoms with Crippen LogP contribution in [0.15, 0.2) is 12.4 Å². The number of hydrogen-bond donors (Lipinski definition) is 2. The summed E-state index contributed by atoms with van der Waals surface area (Å²) in [6, 6.07) is 0. The van der Waals surface area contributed by atoms with E-state index in [4.69, 9.17) is 4.74 Å². The molecule has 1 aliphatic carbocycles. The van der Waals surface area contributed by atoms with Crippen molar-refractivity contribution in [2.45, 2.75) is 38.1 Å². The van der Waals surface area contributed by atoms with Crippen molar-refractivity contribution < 1.29 is 14.6 Å². The molecular formula is C12H17N3O3. The SMILES string of the molecule is CCCOc1cncc(NC2(C(=O)O)CCC2)n1. The second-order valence-electron chi connectivity index (χ2n) is 4.46. The molecule has 0 radical (unpaired) electrons. The average molecular weight is 251 g/mol. The third-order valence-electron chi connectivity index (χ3n) is 3.05. The lowest BCUT2D eigenvalue weighted by Gasteiger charge is -2.38. The third kappa shape index (κ3) is 2.52. The van der Waals surface area contributed by atoms with Gasteiger partial charge in [-0.25, -0.2) is 4.79 Å². The minimum Gasteiger partial charge on any atom is -0.480 e. The first-order valence-corrected chi connectivity index (χ1v) is 6.13. The molecule has 0 aromatic carbocycles. The number of rotatable bonds is 6. The number of ether oxygens (including phenoxy) is 1. The van der Waals surface area contributed by atoms with Crippen LogP contribution in [0, 0.1) is 0 Å². The normalized spacial score (nSPS) is 16.7. The molecule has 1 aromatic rings. The van der Waals surface area contributed by atoms with Gasteiger partial charge in [-0.2, -0.15) is 4.98 Å². The maximum absolute atomic E-state index is 11.2. The number of nitrogens with one attached hydrogen (secondary N) is 1. The second kappa shape index (κ2) is 5.20. The Hall–Kier alpha value is -1.85. The number of hydrogen-bond acceptors (Lipinski definition) is 5. The van der Waals surface area contributed by atoms with Gasteiger partial charge < -0.3 is 15.2 Å². The molecule has 0 amide bonds. The van der Waals surface area contributed by atoms with Crippen LogP contribution >= 0.6 is 0 Å². The van der Waals surface area contributed by atoms with Gasteiger partial charge in [0.05, 0.1) is 19.0 Å². The van der Waals surface area contributed by atoms with Crippen LogP contribution in [0.1, 0.15) is 32.6 Å². The number of aliphatic carboxylic acids is 1. The van der Waals surface area contributed by atoms with Crippen molar-refractivity contribution in [2.75, 3.05) is 11.9 Å². The second-order valence-corrected chi connectivity index (χ2v) is 4.46. The molecule has 2 rings (SSSR count). The van der Waals surface area contributed by atoms with Crippen LogP contribution in [0.25, 0.3) is 0 Å². The zero-order chi connectivity index (χ0) is 13.0. The predicted molar refractivity (Wildman–Crippen MR) is 65.7 cm³/mol. The van der Waals surface area contributed by atoms with E-state index >= 15 is 0 Å². The molecule has 0 bridgehead atoms. The van der Waals surface area contributed by atoms with Crippen LogP contribution in [0.4, 0.5) is 5.82 Å². The molecule has 1 aliphatic rings. The van der Waals surface area contributed by atoms with Gasteiger partial charge in [0.25, 0.3) is 0 Å². The van der Waals surface area contributed by atoms with Crippen molar-refractivity contribution in [2.24, 2.45) is 0 Å². The van der Waals surface area contributed by atoms with Gasteiger partial charge in [0, 0.05) is 0 Å². The predicted octanol–water partition coefficient (Wildman–Crippen LogP) is 1.68. The number of anilines is 1. The highest BCUT2D eigenvalue weighted by Crippen LogP contribution is 2.35. The molecule has 0 unspecified atom stereocenters. The van der Waals surface area contributed by atoms with E-state index in [-0.39, 0.29) is 0 Å². The zero-order valence-electron chi connectivity index (χ0n) is 10.3. The Bertz CT molecular complexity index is 432. The fourth-order valence-corrected chi connectivity index (χ4v) is 1.85. The number of carbonyl (C=O) groups is 1. The summed E-state index contributed by atoms with van der Waals surface area (Å²) in [5, 5.41) is 12.2. The molecule has 2 N–H and O–H groups in total. The van der Waals surface area contributed by atoms with E-state index in [0.29, 0.717) is 31.1 Å². The summed E-state index contributed by atoms with van der Waals surface area (Å²) < 4.78 is 5.36. The average Bonchev–Trinajstić information content (AvgIpc) is 2.31. The maximum Gasteiger partial charge on any atom is 0.329 e. The number of carboxylic acids is 1. The van der Waals surface area contributed by atoms with Crippen LogP contribution < -0.4 is 10.1 Å². The van der Waals surface area contributed by atoms with Gasteiger partial charge in [0.15, 0.2) is 0 Å². The monoisotopic (exact) mass is 251 g/mol. The summed E-state index contributed by atoms with van der Waals surface area (Å²) in [6.45, 7) is 2.57. The Morgan fingerprint density at radius 1 is 1.56 bits per heavy atom. The molecule has 1 saturated carbocycles. The molecule has 0 atom stereocenters. The van der Waals surface area contributed by atoms with Crippen molar-refractivity contribution >= 4 is 11.8 Å². The first kappa shape index (κ1) is 12.6. The summed E-state index contributed by atoms with van der Waals surface area (Å²) in [4.78, 5) is 19.4. The van der Waals surface area contributed by atoms with Crippen molar-refractivity contribution in [1.82, 2.24) is 9.97 Å². The van der Waals surface area contributed by atoms with Gasteiger partial charge in [-0.3, -0.25) is 4.98 Å². The first-order valence-electron chi connectivity index (χ1n) is 6.13. The lowest BCUT2D eigenvalue weighted by Crippen LogP contribution is -2.52. The summed E-state index contributed by atoms with van der Waals surface area (Å²) >= 11 is 0.